The summed E-state index contributed by atoms with van der Waals surface area (Å²) in [6.45, 7) is 16.4. The number of ether oxygens (including phenoxy) is 10. The van der Waals surface area contributed by atoms with Crippen molar-refractivity contribution in [2.75, 3.05) is 132 Å². The van der Waals surface area contributed by atoms with Gasteiger partial charge in [0.25, 0.3) is 0 Å². The predicted molar refractivity (Wildman–Crippen MR) is 212 cm³/mol. The lowest BCUT2D eigenvalue weighted by Gasteiger charge is -2.09. The van der Waals surface area contributed by atoms with E-state index in [4.69, 9.17) is 47.4 Å². The minimum atomic E-state index is 0.535. The van der Waals surface area contributed by atoms with E-state index in [2.05, 4.69) is 13.8 Å². The Balaban J connectivity index is 3.04. The molecular formula is C42H86O10. The molecule has 0 unspecified atom stereocenters. The van der Waals surface area contributed by atoms with Gasteiger partial charge in [0.15, 0.2) is 0 Å². The van der Waals surface area contributed by atoms with Crippen LogP contribution in [0.5, 0.6) is 0 Å². The van der Waals surface area contributed by atoms with E-state index >= 15 is 0 Å². The summed E-state index contributed by atoms with van der Waals surface area (Å²) in [5.74, 6) is 0. The minimum Gasteiger partial charge on any atom is -0.379 e. The lowest BCUT2D eigenvalue weighted by Crippen LogP contribution is -2.15. The molecule has 0 aliphatic carbocycles. The molecule has 0 bridgehead atoms. The van der Waals surface area contributed by atoms with Gasteiger partial charge in [-0.05, 0) is 12.8 Å². The summed E-state index contributed by atoms with van der Waals surface area (Å²) in [6, 6.07) is 0. The van der Waals surface area contributed by atoms with Crippen molar-refractivity contribution in [3.05, 3.63) is 0 Å². The molecule has 0 fully saturated rings. The third-order valence-electron chi connectivity index (χ3n) is 8.63. The molecule has 0 aromatic rings. The monoisotopic (exact) mass is 751 g/mol. The molecule has 0 saturated carbocycles. The van der Waals surface area contributed by atoms with Gasteiger partial charge in [0.05, 0.1) is 119 Å². The fourth-order valence-corrected chi connectivity index (χ4v) is 5.46. The van der Waals surface area contributed by atoms with E-state index in [1.54, 1.807) is 0 Å². The highest BCUT2D eigenvalue weighted by molar-refractivity contribution is 4.50. The summed E-state index contributed by atoms with van der Waals surface area (Å²) >= 11 is 0. The van der Waals surface area contributed by atoms with E-state index in [-0.39, 0.29) is 0 Å². The van der Waals surface area contributed by atoms with E-state index in [1.807, 2.05) is 0 Å². The summed E-state index contributed by atoms with van der Waals surface area (Å²) < 4.78 is 55.5. The largest absolute Gasteiger partial charge is 0.379 e. The summed E-state index contributed by atoms with van der Waals surface area (Å²) in [7, 11) is 0. The van der Waals surface area contributed by atoms with E-state index in [9.17, 15) is 0 Å². The Morgan fingerprint density at radius 3 is 0.462 bits per heavy atom. The van der Waals surface area contributed by atoms with E-state index in [0.29, 0.717) is 119 Å². The van der Waals surface area contributed by atoms with Crippen molar-refractivity contribution in [2.45, 2.75) is 142 Å². The van der Waals surface area contributed by atoms with Crippen LogP contribution in [-0.2, 0) is 47.4 Å². The second kappa shape index (κ2) is 50.6. The van der Waals surface area contributed by atoms with Gasteiger partial charge in [0.2, 0.25) is 0 Å². The molecule has 0 heterocycles. The Bertz CT molecular complexity index is 551. The zero-order valence-electron chi connectivity index (χ0n) is 34.4. The average molecular weight is 751 g/mol. The molecule has 0 aromatic heterocycles. The van der Waals surface area contributed by atoms with Crippen LogP contribution in [0.25, 0.3) is 0 Å². The van der Waals surface area contributed by atoms with Crippen LogP contribution in [0.15, 0.2) is 0 Å². The van der Waals surface area contributed by atoms with E-state index in [0.717, 1.165) is 26.1 Å². The summed E-state index contributed by atoms with van der Waals surface area (Å²) in [5.41, 5.74) is 0. The number of rotatable bonds is 49. The first-order chi connectivity index (χ1) is 25.9. The van der Waals surface area contributed by atoms with E-state index < -0.39 is 0 Å². The number of hydrogen-bond donors (Lipinski definition) is 0. The topological polar surface area (TPSA) is 92.3 Å². The van der Waals surface area contributed by atoms with Crippen molar-refractivity contribution < 1.29 is 47.4 Å². The van der Waals surface area contributed by atoms with Crippen LogP contribution in [0.2, 0.25) is 0 Å². The standard InChI is InChI=1S/C42H86O10/c1-3-5-7-9-11-12-13-14-15-16-17-18-20-22-24-44-26-28-46-30-32-48-34-36-50-38-40-52-42-41-51-39-37-49-35-33-47-31-29-45-27-25-43-23-21-19-10-8-6-4-2/h3-42H2,1-2H3. The normalized spacial score (nSPS) is 11.7. The summed E-state index contributed by atoms with van der Waals surface area (Å²) in [4.78, 5) is 0. The smallest absolute Gasteiger partial charge is 0.0701 e. The molecular weight excluding hydrogens is 664 g/mol. The Morgan fingerprint density at radius 2 is 0.288 bits per heavy atom. The summed E-state index contributed by atoms with van der Waals surface area (Å²) in [5, 5.41) is 0. The number of hydrogen-bond acceptors (Lipinski definition) is 10. The van der Waals surface area contributed by atoms with Crippen molar-refractivity contribution in [2.24, 2.45) is 0 Å². The molecule has 0 spiro atoms. The first kappa shape index (κ1) is 51.6. The first-order valence-electron chi connectivity index (χ1n) is 21.7. The van der Waals surface area contributed by atoms with Gasteiger partial charge in [0, 0.05) is 13.2 Å². The predicted octanol–water partition coefficient (Wildman–Crippen LogP) is 8.99. The maximum atomic E-state index is 5.69. The molecule has 52 heavy (non-hydrogen) atoms. The quantitative estimate of drug-likeness (QED) is 0.0561. The van der Waals surface area contributed by atoms with Gasteiger partial charge in [-0.25, -0.2) is 0 Å². The molecule has 0 atom stereocenters. The van der Waals surface area contributed by atoms with Crippen molar-refractivity contribution in [1.29, 1.82) is 0 Å². The molecule has 0 amide bonds. The fourth-order valence-electron chi connectivity index (χ4n) is 5.46. The summed E-state index contributed by atoms with van der Waals surface area (Å²) in [6.07, 6.45) is 27.0. The van der Waals surface area contributed by atoms with Crippen LogP contribution in [0, 0.1) is 0 Å². The van der Waals surface area contributed by atoms with Gasteiger partial charge >= 0.3 is 0 Å². The van der Waals surface area contributed by atoms with Crippen LogP contribution >= 0.6 is 0 Å². The molecule has 10 heteroatoms. The van der Waals surface area contributed by atoms with E-state index in [1.165, 1.54) is 116 Å². The molecule has 0 N–H and O–H groups in total. The molecule has 0 aromatic carbocycles. The Hall–Kier alpha value is -0.400. The lowest BCUT2D eigenvalue weighted by atomic mass is 10.0. The zero-order chi connectivity index (χ0) is 37.4. The highest BCUT2D eigenvalue weighted by Gasteiger charge is 1.98. The van der Waals surface area contributed by atoms with Crippen LogP contribution in [0.3, 0.4) is 0 Å². The fraction of sp³-hybridized carbons (Fsp3) is 1.00. The third-order valence-corrected chi connectivity index (χ3v) is 8.63. The Kier molecular flexibility index (Phi) is 50.2. The SMILES string of the molecule is CCCCCCCCCCCCCCCCOCCOCCOCCOCCOCCOCCOCCOCCOCCOCCCCCCCC. The zero-order valence-corrected chi connectivity index (χ0v) is 34.4. The molecule has 0 saturated heterocycles. The average Bonchev–Trinajstić information content (AvgIpc) is 3.16. The van der Waals surface area contributed by atoms with Crippen molar-refractivity contribution in [1.82, 2.24) is 0 Å². The van der Waals surface area contributed by atoms with Gasteiger partial charge in [-0.1, -0.05) is 129 Å². The molecule has 0 rings (SSSR count). The molecule has 314 valence electrons. The highest BCUT2D eigenvalue weighted by Crippen LogP contribution is 2.13. The van der Waals surface area contributed by atoms with Crippen molar-refractivity contribution in [3.8, 4) is 0 Å². The van der Waals surface area contributed by atoms with Gasteiger partial charge < -0.3 is 47.4 Å². The number of unbranched alkanes of at least 4 members (excludes halogenated alkanes) is 18. The maximum Gasteiger partial charge on any atom is 0.0701 e. The Morgan fingerprint density at radius 1 is 0.154 bits per heavy atom. The van der Waals surface area contributed by atoms with Gasteiger partial charge in [-0.15, -0.1) is 0 Å². The van der Waals surface area contributed by atoms with Crippen molar-refractivity contribution in [3.63, 3.8) is 0 Å². The van der Waals surface area contributed by atoms with Crippen LogP contribution in [0.1, 0.15) is 142 Å². The Labute approximate surface area is 321 Å². The van der Waals surface area contributed by atoms with Gasteiger partial charge in [-0.3, -0.25) is 0 Å². The lowest BCUT2D eigenvalue weighted by molar-refractivity contribution is -0.0264. The first-order valence-corrected chi connectivity index (χ1v) is 21.7. The third kappa shape index (κ3) is 49.6. The van der Waals surface area contributed by atoms with Gasteiger partial charge in [0.1, 0.15) is 0 Å². The molecule has 10 nitrogen and oxygen atoms in total. The molecule has 0 aliphatic rings. The van der Waals surface area contributed by atoms with Crippen LogP contribution in [0.4, 0.5) is 0 Å². The van der Waals surface area contributed by atoms with Crippen LogP contribution < -0.4 is 0 Å². The van der Waals surface area contributed by atoms with Crippen molar-refractivity contribution >= 4 is 0 Å². The highest BCUT2D eigenvalue weighted by atomic mass is 16.6. The second-order valence-corrected chi connectivity index (χ2v) is 13.5. The minimum absolute atomic E-state index is 0.535. The molecule has 0 aliphatic heterocycles. The second-order valence-electron chi connectivity index (χ2n) is 13.5. The molecule has 0 radical (unpaired) electrons. The van der Waals surface area contributed by atoms with Crippen LogP contribution in [-0.4, -0.2) is 132 Å². The maximum absolute atomic E-state index is 5.69. The van der Waals surface area contributed by atoms with Gasteiger partial charge in [-0.2, -0.15) is 0 Å².